The number of amides is 1. The molecule has 1 amide bonds. The van der Waals surface area contributed by atoms with Crippen molar-refractivity contribution in [2.24, 2.45) is 5.10 Å². The lowest BCUT2D eigenvalue weighted by molar-refractivity contribution is 0.0955. The molecule has 0 atom stereocenters. The van der Waals surface area contributed by atoms with Crippen LogP contribution in [0.4, 0.5) is 0 Å². The van der Waals surface area contributed by atoms with E-state index in [-0.39, 0.29) is 5.91 Å². The highest BCUT2D eigenvalue weighted by atomic mass is 16.5. The quantitative estimate of drug-likeness (QED) is 0.676. The Morgan fingerprint density at radius 2 is 1.87 bits per heavy atom. The first-order valence-corrected chi connectivity index (χ1v) is 7.63. The number of carbonyl (C=O) groups is 1. The number of hydrogen-bond donors (Lipinski definition) is 1. The summed E-state index contributed by atoms with van der Waals surface area (Å²) >= 11 is 0. The molecule has 2 aromatic rings. The van der Waals surface area contributed by atoms with Crippen molar-refractivity contribution in [3.8, 4) is 5.75 Å². The van der Waals surface area contributed by atoms with Gasteiger partial charge in [0.25, 0.3) is 5.91 Å². The highest BCUT2D eigenvalue weighted by Crippen LogP contribution is 2.20. The lowest BCUT2D eigenvalue weighted by Crippen LogP contribution is -2.19. The summed E-state index contributed by atoms with van der Waals surface area (Å²) in [5.74, 6) is 0.511. The first-order valence-electron chi connectivity index (χ1n) is 7.63. The van der Waals surface area contributed by atoms with Crippen molar-refractivity contribution in [3.05, 3.63) is 64.7 Å². The number of hydrogen-bond acceptors (Lipinski definition) is 3. The van der Waals surface area contributed by atoms with Gasteiger partial charge in [-0.1, -0.05) is 30.7 Å². The molecule has 2 aromatic carbocycles. The summed E-state index contributed by atoms with van der Waals surface area (Å²) in [7, 11) is 1.62. The Bertz CT molecular complexity index is 719. The average molecular weight is 310 g/mol. The molecule has 0 bridgehead atoms. The lowest BCUT2D eigenvalue weighted by Gasteiger charge is -2.09. The van der Waals surface area contributed by atoms with Gasteiger partial charge in [-0.2, -0.15) is 5.10 Å². The highest BCUT2D eigenvalue weighted by molar-refractivity contribution is 6.02. The second kappa shape index (κ2) is 7.58. The van der Waals surface area contributed by atoms with E-state index in [1.165, 1.54) is 5.56 Å². The first kappa shape index (κ1) is 16.7. The third-order valence-electron chi connectivity index (χ3n) is 3.69. The van der Waals surface area contributed by atoms with E-state index in [2.05, 4.69) is 17.5 Å². The Balaban J connectivity index is 2.15. The lowest BCUT2D eigenvalue weighted by atomic mass is 10.1. The van der Waals surface area contributed by atoms with E-state index in [9.17, 15) is 4.79 Å². The Kier molecular flexibility index (Phi) is 5.52. The number of nitrogens with zero attached hydrogens (tertiary/aromatic N) is 1. The Hall–Kier alpha value is -2.62. The van der Waals surface area contributed by atoms with Crippen molar-refractivity contribution in [3.63, 3.8) is 0 Å². The molecular weight excluding hydrogens is 288 g/mol. The number of carbonyl (C=O) groups excluding carboxylic acids is 1. The fourth-order valence-corrected chi connectivity index (χ4v) is 2.26. The molecule has 1 N–H and O–H groups in total. The Morgan fingerprint density at radius 3 is 2.48 bits per heavy atom. The van der Waals surface area contributed by atoms with Crippen molar-refractivity contribution in [1.82, 2.24) is 5.43 Å². The topological polar surface area (TPSA) is 50.7 Å². The molecule has 0 saturated carbocycles. The van der Waals surface area contributed by atoms with Gasteiger partial charge in [-0.15, -0.1) is 0 Å². The average Bonchev–Trinajstić information content (AvgIpc) is 2.59. The minimum Gasteiger partial charge on any atom is -0.496 e. The van der Waals surface area contributed by atoms with Crippen LogP contribution in [0.1, 0.15) is 40.9 Å². The first-order chi connectivity index (χ1) is 11.0. The van der Waals surface area contributed by atoms with Crippen molar-refractivity contribution in [1.29, 1.82) is 0 Å². The van der Waals surface area contributed by atoms with Crippen molar-refractivity contribution < 1.29 is 9.53 Å². The fourth-order valence-electron chi connectivity index (χ4n) is 2.26. The SMILES string of the molecule is CCc1ccc(C(=O)N/N=C(/C)c2cc(C)ccc2OC)cc1. The van der Waals surface area contributed by atoms with Gasteiger partial charge in [0.2, 0.25) is 0 Å². The van der Waals surface area contributed by atoms with Crippen LogP contribution in [0.25, 0.3) is 0 Å². The molecule has 0 aliphatic rings. The van der Waals surface area contributed by atoms with Gasteiger partial charge in [0.15, 0.2) is 0 Å². The van der Waals surface area contributed by atoms with Crippen LogP contribution < -0.4 is 10.2 Å². The fraction of sp³-hybridized carbons (Fsp3) is 0.263. The molecule has 0 aliphatic heterocycles. The van der Waals surface area contributed by atoms with Gasteiger partial charge < -0.3 is 4.74 Å². The summed E-state index contributed by atoms with van der Waals surface area (Å²) in [5, 5.41) is 4.20. The summed E-state index contributed by atoms with van der Waals surface area (Å²) in [5.41, 5.74) is 7.07. The highest BCUT2D eigenvalue weighted by Gasteiger charge is 2.08. The monoisotopic (exact) mass is 310 g/mol. The molecule has 0 heterocycles. The van der Waals surface area contributed by atoms with Crippen LogP contribution in [-0.2, 0) is 6.42 Å². The van der Waals surface area contributed by atoms with E-state index in [1.807, 2.05) is 56.3 Å². The van der Waals surface area contributed by atoms with Gasteiger partial charge in [-0.25, -0.2) is 5.43 Å². The van der Waals surface area contributed by atoms with E-state index in [1.54, 1.807) is 7.11 Å². The second-order valence-electron chi connectivity index (χ2n) is 5.39. The number of hydrazone groups is 1. The van der Waals surface area contributed by atoms with Gasteiger partial charge in [0, 0.05) is 11.1 Å². The molecule has 0 aromatic heterocycles. The van der Waals surface area contributed by atoms with Crippen LogP contribution in [-0.4, -0.2) is 18.7 Å². The zero-order valence-corrected chi connectivity index (χ0v) is 14.0. The molecule has 0 saturated heterocycles. The maximum atomic E-state index is 12.2. The van der Waals surface area contributed by atoms with Crippen molar-refractivity contribution >= 4 is 11.6 Å². The van der Waals surface area contributed by atoms with Crippen LogP contribution in [0.5, 0.6) is 5.75 Å². The predicted octanol–water partition coefficient (Wildman–Crippen LogP) is 3.72. The molecule has 120 valence electrons. The summed E-state index contributed by atoms with van der Waals surface area (Å²) < 4.78 is 5.34. The zero-order chi connectivity index (χ0) is 16.8. The number of benzene rings is 2. The predicted molar refractivity (Wildman–Crippen MR) is 93.2 cm³/mol. The van der Waals surface area contributed by atoms with E-state index in [4.69, 9.17) is 4.74 Å². The minimum atomic E-state index is -0.223. The normalized spacial score (nSPS) is 11.2. The molecule has 0 spiro atoms. The van der Waals surface area contributed by atoms with E-state index in [0.29, 0.717) is 11.3 Å². The largest absolute Gasteiger partial charge is 0.496 e. The third-order valence-corrected chi connectivity index (χ3v) is 3.69. The summed E-state index contributed by atoms with van der Waals surface area (Å²) in [6.07, 6.45) is 0.951. The number of nitrogens with one attached hydrogen (secondary N) is 1. The Labute approximate surface area is 137 Å². The molecule has 0 unspecified atom stereocenters. The molecule has 0 aliphatic carbocycles. The molecule has 23 heavy (non-hydrogen) atoms. The van der Waals surface area contributed by atoms with Crippen LogP contribution in [0.15, 0.2) is 47.6 Å². The molecular formula is C19H22N2O2. The summed E-state index contributed by atoms with van der Waals surface area (Å²) in [4.78, 5) is 12.2. The van der Waals surface area contributed by atoms with Gasteiger partial charge in [0.1, 0.15) is 5.75 Å². The van der Waals surface area contributed by atoms with E-state index >= 15 is 0 Å². The van der Waals surface area contributed by atoms with Gasteiger partial charge in [-0.05, 0) is 50.1 Å². The van der Waals surface area contributed by atoms with Crippen molar-refractivity contribution in [2.75, 3.05) is 7.11 Å². The van der Waals surface area contributed by atoms with Crippen LogP contribution >= 0.6 is 0 Å². The number of aryl methyl sites for hydroxylation is 2. The molecule has 4 nitrogen and oxygen atoms in total. The number of methoxy groups -OCH3 is 1. The van der Waals surface area contributed by atoms with Crippen molar-refractivity contribution in [2.45, 2.75) is 27.2 Å². The molecule has 2 rings (SSSR count). The summed E-state index contributed by atoms with van der Waals surface area (Å²) in [6.45, 7) is 5.93. The second-order valence-corrected chi connectivity index (χ2v) is 5.39. The minimum absolute atomic E-state index is 0.223. The zero-order valence-electron chi connectivity index (χ0n) is 14.0. The number of rotatable bonds is 5. The van der Waals surface area contributed by atoms with Gasteiger partial charge in [-0.3, -0.25) is 4.79 Å². The van der Waals surface area contributed by atoms with E-state index < -0.39 is 0 Å². The van der Waals surface area contributed by atoms with Crippen LogP contribution in [0.2, 0.25) is 0 Å². The maximum absolute atomic E-state index is 12.2. The smallest absolute Gasteiger partial charge is 0.271 e. The summed E-state index contributed by atoms with van der Waals surface area (Å²) in [6, 6.07) is 13.4. The van der Waals surface area contributed by atoms with Crippen LogP contribution in [0.3, 0.4) is 0 Å². The standard InChI is InChI=1S/C19H22N2O2/c1-5-15-7-9-16(10-8-15)19(22)21-20-14(3)17-12-13(2)6-11-18(17)23-4/h6-12H,5H2,1-4H3,(H,21,22)/b20-14-. The van der Waals surface area contributed by atoms with E-state index in [0.717, 1.165) is 23.3 Å². The molecule has 4 heteroatoms. The molecule has 0 radical (unpaired) electrons. The van der Waals surface area contributed by atoms with Gasteiger partial charge in [0.05, 0.1) is 12.8 Å². The Morgan fingerprint density at radius 1 is 1.17 bits per heavy atom. The van der Waals surface area contributed by atoms with Crippen LogP contribution in [0, 0.1) is 6.92 Å². The van der Waals surface area contributed by atoms with Gasteiger partial charge >= 0.3 is 0 Å². The number of ether oxygens (including phenoxy) is 1. The molecule has 0 fully saturated rings. The third kappa shape index (κ3) is 4.19. The maximum Gasteiger partial charge on any atom is 0.271 e.